The summed E-state index contributed by atoms with van der Waals surface area (Å²) in [4.78, 5) is 4.57. The van der Waals surface area contributed by atoms with E-state index in [1.54, 1.807) is 18.4 Å². The van der Waals surface area contributed by atoms with E-state index >= 15 is 0 Å². The second-order valence-electron chi connectivity index (χ2n) is 4.77. The Morgan fingerprint density at radius 1 is 1.52 bits per heavy atom. The number of aromatic nitrogens is 3. The Morgan fingerprint density at radius 2 is 2.33 bits per heavy atom. The molecule has 0 aromatic carbocycles. The van der Waals surface area contributed by atoms with Crippen molar-refractivity contribution in [3.63, 3.8) is 0 Å². The zero-order valence-electron chi connectivity index (χ0n) is 12.6. The van der Waals surface area contributed by atoms with Crippen molar-refractivity contribution in [3.8, 4) is 0 Å². The molecule has 21 heavy (non-hydrogen) atoms. The molecule has 0 saturated heterocycles. The molecule has 0 spiro atoms. The first-order chi connectivity index (χ1) is 10.2. The van der Waals surface area contributed by atoms with Crippen LogP contribution in [0.1, 0.15) is 29.4 Å². The van der Waals surface area contributed by atoms with Gasteiger partial charge in [0.05, 0.1) is 46.3 Å². The Balaban J connectivity index is 2.22. The molecule has 0 aliphatic carbocycles. The second kappa shape index (κ2) is 8.03. The summed E-state index contributed by atoms with van der Waals surface area (Å²) in [6.07, 6.45) is 2.71. The number of aryl methyl sites for hydroxylation is 1. The molecule has 0 fully saturated rings. The third-order valence-corrected chi connectivity index (χ3v) is 4.63. The van der Waals surface area contributed by atoms with E-state index in [-0.39, 0.29) is 6.04 Å². The Hall–Kier alpha value is -0.760. The van der Waals surface area contributed by atoms with Crippen LogP contribution in [0.15, 0.2) is 16.0 Å². The van der Waals surface area contributed by atoms with E-state index in [0.29, 0.717) is 6.61 Å². The van der Waals surface area contributed by atoms with Crippen LogP contribution in [0.2, 0.25) is 0 Å². The van der Waals surface area contributed by atoms with Crippen molar-refractivity contribution < 1.29 is 4.74 Å². The number of nitrogens with zero attached hydrogens (tertiary/aromatic N) is 3. The molecule has 0 aliphatic rings. The summed E-state index contributed by atoms with van der Waals surface area (Å²) in [6.45, 7) is 6.44. The fourth-order valence-corrected chi connectivity index (χ4v) is 3.50. The number of ether oxygens (including phenoxy) is 1. The summed E-state index contributed by atoms with van der Waals surface area (Å²) in [5, 5.41) is 11.2. The Morgan fingerprint density at radius 3 is 2.95 bits per heavy atom. The lowest BCUT2D eigenvalue weighted by Crippen LogP contribution is -2.27. The van der Waals surface area contributed by atoms with Crippen LogP contribution >= 0.6 is 27.3 Å². The highest BCUT2D eigenvalue weighted by atomic mass is 79.9. The molecule has 2 heterocycles. The third-order valence-electron chi connectivity index (χ3n) is 3.20. The summed E-state index contributed by atoms with van der Waals surface area (Å²) in [5.74, 6) is 0. The predicted octanol–water partition coefficient (Wildman–Crippen LogP) is 2.95. The fourth-order valence-electron chi connectivity index (χ4n) is 2.30. The molecule has 0 aliphatic heterocycles. The van der Waals surface area contributed by atoms with Crippen LogP contribution in [0.3, 0.4) is 0 Å². The summed E-state index contributed by atoms with van der Waals surface area (Å²) in [7, 11) is 1.71. The minimum absolute atomic E-state index is 0.185. The summed E-state index contributed by atoms with van der Waals surface area (Å²) < 4.78 is 8.19. The topological polar surface area (TPSA) is 52.0 Å². The van der Waals surface area contributed by atoms with E-state index in [2.05, 4.69) is 43.6 Å². The van der Waals surface area contributed by atoms with E-state index in [1.807, 2.05) is 17.8 Å². The quantitative estimate of drug-likeness (QED) is 0.773. The van der Waals surface area contributed by atoms with Crippen molar-refractivity contribution in [2.45, 2.75) is 32.9 Å². The van der Waals surface area contributed by atoms with Gasteiger partial charge in [0.15, 0.2) is 0 Å². The summed E-state index contributed by atoms with van der Waals surface area (Å²) in [5.41, 5.74) is 2.27. The smallest absolute Gasteiger partial charge is 0.0897 e. The van der Waals surface area contributed by atoms with Crippen LogP contribution in [0, 0.1) is 6.92 Å². The van der Waals surface area contributed by atoms with E-state index in [1.165, 1.54) is 0 Å². The maximum atomic E-state index is 5.16. The second-order valence-corrected chi connectivity index (χ2v) is 6.68. The minimum atomic E-state index is 0.185. The standard InChI is InChI=1S/C14H21BrN4OS/c1-4-16-13(7-11-9-21-10(2)18-11)14-12(15)8-17-19(14)5-6-20-3/h8-9,13,16H,4-7H2,1-3H3. The molecule has 5 nitrogen and oxygen atoms in total. The monoisotopic (exact) mass is 372 g/mol. The minimum Gasteiger partial charge on any atom is -0.383 e. The number of methoxy groups -OCH3 is 1. The van der Waals surface area contributed by atoms with Crippen LogP contribution in [-0.2, 0) is 17.7 Å². The number of thiazole rings is 1. The molecule has 2 aromatic rings. The lowest BCUT2D eigenvalue weighted by atomic mass is 10.1. The molecular weight excluding hydrogens is 352 g/mol. The normalized spacial score (nSPS) is 12.8. The van der Waals surface area contributed by atoms with Gasteiger partial charge in [0, 0.05) is 18.9 Å². The van der Waals surface area contributed by atoms with Crippen LogP contribution in [0.25, 0.3) is 0 Å². The van der Waals surface area contributed by atoms with E-state index in [9.17, 15) is 0 Å². The van der Waals surface area contributed by atoms with E-state index in [4.69, 9.17) is 4.74 Å². The van der Waals surface area contributed by atoms with Crippen molar-refractivity contribution in [2.24, 2.45) is 0 Å². The number of rotatable bonds is 8. The molecule has 0 bridgehead atoms. The van der Waals surface area contributed by atoms with Gasteiger partial charge in [0.2, 0.25) is 0 Å². The van der Waals surface area contributed by atoms with Crippen molar-refractivity contribution in [1.82, 2.24) is 20.1 Å². The first-order valence-electron chi connectivity index (χ1n) is 7.00. The van der Waals surface area contributed by atoms with Gasteiger partial charge >= 0.3 is 0 Å². The number of hydrogen-bond donors (Lipinski definition) is 1. The zero-order chi connectivity index (χ0) is 15.2. The molecular formula is C14H21BrN4OS. The molecule has 2 rings (SSSR count). The molecule has 0 radical (unpaired) electrons. The van der Waals surface area contributed by atoms with Crippen LogP contribution in [0.5, 0.6) is 0 Å². The molecule has 116 valence electrons. The largest absolute Gasteiger partial charge is 0.383 e. The Kier molecular flexibility index (Phi) is 6.35. The van der Waals surface area contributed by atoms with Gasteiger partial charge in [-0.1, -0.05) is 6.92 Å². The number of nitrogens with one attached hydrogen (secondary N) is 1. The zero-order valence-corrected chi connectivity index (χ0v) is 15.0. The van der Waals surface area contributed by atoms with Gasteiger partial charge in [0.25, 0.3) is 0 Å². The first kappa shape index (κ1) is 16.6. The summed E-state index contributed by atoms with van der Waals surface area (Å²) >= 11 is 5.31. The number of likely N-dealkylation sites (N-methyl/N-ethyl adjacent to an activating group) is 1. The van der Waals surface area contributed by atoms with Crippen molar-refractivity contribution in [1.29, 1.82) is 0 Å². The molecule has 7 heteroatoms. The molecule has 2 aromatic heterocycles. The van der Waals surface area contributed by atoms with Gasteiger partial charge < -0.3 is 10.1 Å². The highest BCUT2D eigenvalue weighted by Crippen LogP contribution is 2.26. The molecule has 0 amide bonds. The number of halogens is 1. The fraction of sp³-hybridized carbons (Fsp3) is 0.571. The van der Waals surface area contributed by atoms with E-state index < -0.39 is 0 Å². The van der Waals surface area contributed by atoms with Crippen LogP contribution in [-0.4, -0.2) is 35.0 Å². The SMILES string of the molecule is CCNC(Cc1csc(C)n1)c1c(Br)cnn1CCOC. The Labute approximate surface area is 137 Å². The highest BCUT2D eigenvalue weighted by molar-refractivity contribution is 9.10. The van der Waals surface area contributed by atoms with Crippen molar-refractivity contribution in [2.75, 3.05) is 20.3 Å². The number of hydrogen-bond acceptors (Lipinski definition) is 5. The lowest BCUT2D eigenvalue weighted by molar-refractivity contribution is 0.181. The lowest BCUT2D eigenvalue weighted by Gasteiger charge is -2.19. The highest BCUT2D eigenvalue weighted by Gasteiger charge is 2.20. The maximum Gasteiger partial charge on any atom is 0.0897 e. The van der Waals surface area contributed by atoms with Gasteiger partial charge in [-0.2, -0.15) is 5.10 Å². The molecule has 0 saturated carbocycles. The summed E-state index contributed by atoms with van der Waals surface area (Å²) in [6, 6.07) is 0.185. The van der Waals surface area contributed by atoms with Gasteiger partial charge in [0.1, 0.15) is 0 Å². The maximum absolute atomic E-state index is 5.16. The molecule has 1 atom stereocenters. The molecule has 1 unspecified atom stereocenters. The van der Waals surface area contributed by atoms with Gasteiger partial charge in [-0.05, 0) is 29.4 Å². The van der Waals surface area contributed by atoms with Crippen molar-refractivity contribution >= 4 is 27.3 Å². The third kappa shape index (κ3) is 4.35. The first-order valence-corrected chi connectivity index (χ1v) is 8.67. The van der Waals surface area contributed by atoms with Crippen molar-refractivity contribution in [3.05, 3.63) is 32.4 Å². The van der Waals surface area contributed by atoms with Gasteiger partial charge in [-0.3, -0.25) is 4.68 Å². The van der Waals surface area contributed by atoms with E-state index in [0.717, 1.165) is 40.4 Å². The van der Waals surface area contributed by atoms with Crippen LogP contribution in [0.4, 0.5) is 0 Å². The average molecular weight is 373 g/mol. The van der Waals surface area contributed by atoms with Gasteiger partial charge in [-0.15, -0.1) is 11.3 Å². The average Bonchev–Trinajstić information content (AvgIpc) is 3.02. The van der Waals surface area contributed by atoms with Gasteiger partial charge in [-0.25, -0.2) is 4.98 Å². The predicted molar refractivity (Wildman–Crippen MR) is 88.8 cm³/mol. The Bertz CT molecular complexity index is 569. The van der Waals surface area contributed by atoms with Crippen LogP contribution < -0.4 is 5.32 Å². The molecule has 1 N–H and O–H groups in total.